The van der Waals surface area contributed by atoms with Crippen molar-refractivity contribution in [2.45, 2.75) is 64.5 Å². The number of unbranched alkanes of at least 4 members (excludes halogenated alkanes) is 1. The van der Waals surface area contributed by atoms with Gasteiger partial charge in [-0.2, -0.15) is 0 Å². The lowest BCUT2D eigenvalue weighted by Crippen LogP contribution is -2.47. The number of halogens is 1. The largest absolute Gasteiger partial charge is 0.337 e. The topological polar surface area (TPSA) is 20.3 Å². The fraction of sp³-hybridized carbons (Fsp3) is 0.917. The Bertz CT molecular complexity index is 198. The SMILES string of the molecule is CC1CCCC(C)N1C(=O)CCCCCl. The summed E-state index contributed by atoms with van der Waals surface area (Å²) < 4.78 is 0. The molecule has 2 nitrogen and oxygen atoms in total. The molecule has 1 amide bonds. The standard InChI is InChI=1S/C12H22ClNO/c1-10-6-5-7-11(2)14(10)12(15)8-3-4-9-13/h10-11H,3-9H2,1-2H3. The first-order chi connectivity index (χ1) is 7.16. The van der Waals surface area contributed by atoms with Crippen LogP contribution in [-0.2, 0) is 4.79 Å². The molecular weight excluding hydrogens is 210 g/mol. The van der Waals surface area contributed by atoms with Crippen LogP contribution >= 0.6 is 11.6 Å². The average Bonchev–Trinajstić information content (AvgIpc) is 2.18. The van der Waals surface area contributed by atoms with Crippen LogP contribution in [0.3, 0.4) is 0 Å². The quantitative estimate of drug-likeness (QED) is 0.538. The number of hydrogen-bond donors (Lipinski definition) is 0. The van der Waals surface area contributed by atoms with E-state index in [0.29, 0.717) is 30.3 Å². The molecule has 1 heterocycles. The molecule has 0 radical (unpaired) electrons. The number of alkyl halides is 1. The second kappa shape index (κ2) is 6.37. The molecule has 0 aromatic heterocycles. The van der Waals surface area contributed by atoms with Gasteiger partial charge in [0.2, 0.25) is 5.91 Å². The molecule has 0 spiro atoms. The first kappa shape index (κ1) is 12.8. The molecule has 1 saturated heterocycles. The van der Waals surface area contributed by atoms with Crippen LogP contribution in [0.15, 0.2) is 0 Å². The van der Waals surface area contributed by atoms with Crippen LogP contribution in [0.5, 0.6) is 0 Å². The molecule has 2 atom stereocenters. The minimum Gasteiger partial charge on any atom is -0.337 e. The predicted octanol–water partition coefficient (Wildman–Crippen LogP) is 3.19. The monoisotopic (exact) mass is 231 g/mol. The van der Waals surface area contributed by atoms with Crippen LogP contribution in [0, 0.1) is 0 Å². The highest BCUT2D eigenvalue weighted by Gasteiger charge is 2.27. The highest BCUT2D eigenvalue weighted by atomic mass is 35.5. The van der Waals surface area contributed by atoms with E-state index in [0.717, 1.165) is 25.7 Å². The minimum absolute atomic E-state index is 0.319. The van der Waals surface area contributed by atoms with Crippen LogP contribution in [0.4, 0.5) is 0 Å². The Balaban J connectivity index is 2.41. The number of carbonyl (C=O) groups is 1. The van der Waals surface area contributed by atoms with E-state index in [9.17, 15) is 4.79 Å². The van der Waals surface area contributed by atoms with Crippen LogP contribution in [-0.4, -0.2) is 28.8 Å². The molecule has 0 aromatic rings. The molecule has 15 heavy (non-hydrogen) atoms. The third-order valence-corrected chi connectivity index (χ3v) is 3.52. The van der Waals surface area contributed by atoms with Crippen molar-refractivity contribution < 1.29 is 4.79 Å². The molecule has 0 saturated carbocycles. The number of amides is 1. The van der Waals surface area contributed by atoms with Crippen molar-refractivity contribution in [2.75, 3.05) is 5.88 Å². The van der Waals surface area contributed by atoms with Crippen LogP contribution in [0.2, 0.25) is 0 Å². The maximum absolute atomic E-state index is 12.0. The van der Waals surface area contributed by atoms with E-state index < -0.39 is 0 Å². The van der Waals surface area contributed by atoms with Gasteiger partial charge in [-0.15, -0.1) is 11.6 Å². The Kier molecular flexibility index (Phi) is 5.44. The van der Waals surface area contributed by atoms with Crippen LogP contribution in [0.25, 0.3) is 0 Å². The molecule has 0 bridgehead atoms. The van der Waals surface area contributed by atoms with E-state index in [1.807, 2.05) is 0 Å². The van der Waals surface area contributed by atoms with Crippen molar-refractivity contribution in [2.24, 2.45) is 0 Å². The summed E-state index contributed by atoms with van der Waals surface area (Å²) in [6, 6.07) is 0.856. The summed E-state index contributed by atoms with van der Waals surface area (Å²) in [5.74, 6) is 0.984. The van der Waals surface area contributed by atoms with Gasteiger partial charge in [0.15, 0.2) is 0 Å². The first-order valence-electron chi connectivity index (χ1n) is 6.04. The Morgan fingerprint density at radius 3 is 2.40 bits per heavy atom. The van der Waals surface area contributed by atoms with E-state index in [2.05, 4.69) is 18.7 Å². The first-order valence-corrected chi connectivity index (χ1v) is 6.57. The molecule has 1 fully saturated rings. The third-order valence-electron chi connectivity index (χ3n) is 3.26. The summed E-state index contributed by atoms with van der Waals surface area (Å²) >= 11 is 5.60. The smallest absolute Gasteiger partial charge is 0.223 e. The van der Waals surface area contributed by atoms with Crippen LogP contribution in [0.1, 0.15) is 52.4 Å². The summed E-state index contributed by atoms with van der Waals surface area (Å²) in [7, 11) is 0. The van der Waals surface area contributed by atoms with Gasteiger partial charge >= 0.3 is 0 Å². The molecule has 0 N–H and O–H groups in total. The Morgan fingerprint density at radius 1 is 1.27 bits per heavy atom. The highest BCUT2D eigenvalue weighted by Crippen LogP contribution is 2.23. The highest BCUT2D eigenvalue weighted by molar-refractivity contribution is 6.17. The zero-order chi connectivity index (χ0) is 11.3. The van der Waals surface area contributed by atoms with Crippen molar-refractivity contribution in [3.8, 4) is 0 Å². The average molecular weight is 232 g/mol. The number of hydrogen-bond acceptors (Lipinski definition) is 1. The zero-order valence-electron chi connectivity index (χ0n) is 9.84. The van der Waals surface area contributed by atoms with E-state index in [1.165, 1.54) is 6.42 Å². The predicted molar refractivity (Wildman–Crippen MR) is 64.2 cm³/mol. The lowest BCUT2D eigenvalue weighted by molar-refractivity contribution is -0.137. The molecule has 1 rings (SSSR count). The fourth-order valence-electron chi connectivity index (χ4n) is 2.41. The minimum atomic E-state index is 0.319. The molecule has 0 aliphatic carbocycles. The number of nitrogens with zero attached hydrogens (tertiary/aromatic N) is 1. The van der Waals surface area contributed by atoms with Gasteiger partial charge in [0.25, 0.3) is 0 Å². The van der Waals surface area contributed by atoms with Gasteiger partial charge in [-0.05, 0) is 46.0 Å². The van der Waals surface area contributed by atoms with Gasteiger partial charge in [0.1, 0.15) is 0 Å². The van der Waals surface area contributed by atoms with Gasteiger partial charge in [-0.25, -0.2) is 0 Å². The number of carbonyl (C=O) groups excluding carboxylic acids is 1. The second-order valence-electron chi connectivity index (χ2n) is 4.58. The summed E-state index contributed by atoms with van der Waals surface area (Å²) in [6.45, 7) is 4.32. The number of piperidine rings is 1. The van der Waals surface area contributed by atoms with E-state index in [4.69, 9.17) is 11.6 Å². The van der Waals surface area contributed by atoms with Gasteiger partial charge in [-0.1, -0.05) is 0 Å². The summed E-state index contributed by atoms with van der Waals surface area (Å²) in [4.78, 5) is 14.1. The Morgan fingerprint density at radius 2 is 1.87 bits per heavy atom. The lowest BCUT2D eigenvalue weighted by Gasteiger charge is -2.39. The normalized spacial score (nSPS) is 26.7. The second-order valence-corrected chi connectivity index (χ2v) is 4.95. The van der Waals surface area contributed by atoms with Gasteiger partial charge < -0.3 is 4.90 Å². The van der Waals surface area contributed by atoms with Crippen molar-refractivity contribution in [3.63, 3.8) is 0 Å². The van der Waals surface area contributed by atoms with E-state index in [1.54, 1.807) is 0 Å². The van der Waals surface area contributed by atoms with Crippen molar-refractivity contribution in [1.82, 2.24) is 4.90 Å². The van der Waals surface area contributed by atoms with Gasteiger partial charge in [0, 0.05) is 24.4 Å². The van der Waals surface area contributed by atoms with Crippen molar-refractivity contribution in [3.05, 3.63) is 0 Å². The molecule has 2 unspecified atom stereocenters. The third kappa shape index (κ3) is 3.67. The van der Waals surface area contributed by atoms with Gasteiger partial charge in [0.05, 0.1) is 0 Å². The van der Waals surface area contributed by atoms with Crippen LogP contribution < -0.4 is 0 Å². The number of rotatable bonds is 4. The lowest BCUT2D eigenvalue weighted by atomic mass is 9.97. The molecule has 1 aliphatic heterocycles. The summed E-state index contributed by atoms with van der Waals surface area (Å²) in [6.07, 6.45) is 6.12. The van der Waals surface area contributed by atoms with E-state index >= 15 is 0 Å². The maximum Gasteiger partial charge on any atom is 0.223 e. The number of likely N-dealkylation sites (tertiary alicyclic amines) is 1. The van der Waals surface area contributed by atoms with Gasteiger partial charge in [-0.3, -0.25) is 4.79 Å². The van der Waals surface area contributed by atoms with E-state index in [-0.39, 0.29) is 0 Å². The Labute approximate surface area is 98.0 Å². The Hall–Kier alpha value is -0.240. The molecular formula is C12H22ClNO. The van der Waals surface area contributed by atoms with Crippen molar-refractivity contribution >= 4 is 17.5 Å². The molecule has 1 aliphatic rings. The summed E-state index contributed by atoms with van der Waals surface area (Å²) in [5, 5.41) is 0. The zero-order valence-corrected chi connectivity index (χ0v) is 10.6. The molecule has 0 aromatic carbocycles. The molecule has 88 valence electrons. The fourth-order valence-corrected chi connectivity index (χ4v) is 2.60. The van der Waals surface area contributed by atoms with Crippen molar-refractivity contribution in [1.29, 1.82) is 0 Å². The molecule has 3 heteroatoms. The maximum atomic E-state index is 12.0. The summed E-state index contributed by atoms with van der Waals surface area (Å²) in [5.41, 5.74) is 0.